The molecule has 0 aliphatic carbocycles. The molecule has 2 N–H and O–H groups in total. The summed E-state index contributed by atoms with van der Waals surface area (Å²) < 4.78 is 6.51. The number of hydrogen-bond donors (Lipinski definition) is 2. The zero-order valence-electron chi connectivity index (χ0n) is 10.8. The average Bonchev–Trinajstić information content (AvgIpc) is 2.57. The quantitative estimate of drug-likeness (QED) is 0.727. The molecule has 0 spiro atoms. The Morgan fingerprint density at radius 1 is 1.44 bits per heavy atom. The molecule has 0 atom stereocenters. The van der Waals surface area contributed by atoms with Gasteiger partial charge in [-0.1, -0.05) is 0 Å². The molecule has 18 heavy (non-hydrogen) atoms. The Kier molecular flexibility index (Phi) is 4.91. The summed E-state index contributed by atoms with van der Waals surface area (Å²) in [7, 11) is 1.56. The van der Waals surface area contributed by atoms with Crippen LogP contribution in [0.3, 0.4) is 0 Å². The Hall–Kier alpha value is -1.82. The van der Waals surface area contributed by atoms with Crippen LogP contribution in [0.5, 0.6) is 0 Å². The van der Waals surface area contributed by atoms with E-state index in [1.807, 2.05) is 0 Å². The predicted molar refractivity (Wildman–Crippen MR) is 65.8 cm³/mol. The van der Waals surface area contributed by atoms with Gasteiger partial charge in [-0.05, 0) is 19.9 Å². The van der Waals surface area contributed by atoms with E-state index in [1.54, 1.807) is 31.6 Å². The Labute approximate surface area is 106 Å². The fourth-order valence-electron chi connectivity index (χ4n) is 1.75. The topological polar surface area (TPSA) is 80.6 Å². The van der Waals surface area contributed by atoms with Gasteiger partial charge in [0.05, 0.1) is 12.2 Å². The summed E-state index contributed by atoms with van der Waals surface area (Å²) in [4.78, 5) is 22.6. The van der Waals surface area contributed by atoms with E-state index in [0.29, 0.717) is 18.8 Å². The van der Waals surface area contributed by atoms with Crippen molar-refractivity contribution in [3.63, 3.8) is 0 Å². The number of aryl methyl sites for hydroxylation is 1. The molecule has 1 rings (SSSR count). The third-order valence-electron chi connectivity index (χ3n) is 2.73. The van der Waals surface area contributed by atoms with Gasteiger partial charge in [0.1, 0.15) is 6.54 Å². The highest BCUT2D eigenvalue weighted by molar-refractivity contribution is 5.89. The maximum atomic E-state index is 11.6. The third kappa shape index (κ3) is 3.33. The van der Waals surface area contributed by atoms with Gasteiger partial charge in [-0.15, -0.1) is 0 Å². The van der Waals surface area contributed by atoms with Crippen LogP contribution in [0.25, 0.3) is 0 Å². The van der Waals surface area contributed by atoms with Crippen molar-refractivity contribution in [2.75, 3.05) is 20.3 Å². The van der Waals surface area contributed by atoms with E-state index in [4.69, 9.17) is 9.84 Å². The van der Waals surface area contributed by atoms with Crippen molar-refractivity contribution >= 4 is 11.9 Å². The first-order valence-corrected chi connectivity index (χ1v) is 5.63. The van der Waals surface area contributed by atoms with Crippen molar-refractivity contribution in [2.45, 2.75) is 20.4 Å². The molecule has 1 aromatic rings. The van der Waals surface area contributed by atoms with Gasteiger partial charge < -0.3 is 19.7 Å². The maximum Gasteiger partial charge on any atom is 0.337 e. The van der Waals surface area contributed by atoms with Crippen LogP contribution in [0.4, 0.5) is 0 Å². The number of amides is 1. The molecule has 0 saturated heterocycles. The summed E-state index contributed by atoms with van der Waals surface area (Å²) in [5, 5.41) is 11.7. The van der Waals surface area contributed by atoms with Crippen LogP contribution in [-0.2, 0) is 16.1 Å². The van der Waals surface area contributed by atoms with Crippen molar-refractivity contribution in [1.82, 2.24) is 9.88 Å². The lowest BCUT2D eigenvalue weighted by atomic mass is 10.2. The standard InChI is InChI=1S/C12H18N2O4/c1-8-6-10(12(16)17)9(2)14(8)7-11(15)13-4-5-18-3/h6H,4-5,7H2,1-3H3,(H,13,15)(H,16,17). The number of nitrogens with one attached hydrogen (secondary N) is 1. The number of hydrogen-bond acceptors (Lipinski definition) is 3. The molecule has 0 aromatic carbocycles. The highest BCUT2D eigenvalue weighted by atomic mass is 16.5. The molecule has 0 bridgehead atoms. The van der Waals surface area contributed by atoms with Crippen LogP contribution in [0, 0.1) is 13.8 Å². The first-order chi connectivity index (χ1) is 8.47. The van der Waals surface area contributed by atoms with E-state index in [-0.39, 0.29) is 18.0 Å². The van der Waals surface area contributed by atoms with Crippen LogP contribution in [0.1, 0.15) is 21.7 Å². The molecule has 100 valence electrons. The number of carbonyl (C=O) groups excluding carboxylic acids is 1. The van der Waals surface area contributed by atoms with Gasteiger partial charge in [-0.3, -0.25) is 4.79 Å². The third-order valence-corrected chi connectivity index (χ3v) is 2.73. The van der Waals surface area contributed by atoms with Gasteiger partial charge in [0.25, 0.3) is 0 Å². The highest BCUT2D eigenvalue weighted by Gasteiger charge is 2.16. The molecule has 1 amide bonds. The van der Waals surface area contributed by atoms with Gasteiger partial charge in [-0.2, -0.15) is 0 Å². The van der Waals surface area contributed by atoms with Crippen LogP contribution >= 0.6 is 0 Å². The van der Waals surface area contributed by atoms with E-state index in [1.165, 1.54) is 0 Å². The Bertz CT molecular complexity index is 451. The fourth-order valence-corrected chi connectivity index (χ4v) is 1.75. The molecule has 6 nitrogen and oxygen atoms in total. The molecule has 0 unspecified atom stereocenters. The second-order valence-electron chi connectivity index (χ2n) is 4.02. The Balaban J connectivity index is 2.73. The molecular formula is C12H18N2O4. The summed E-state index contributed by atoms with van der Waals surface area (Å²) in [5.41, 5.74) is 1.57. The van der Waals surface area contributed by atoms with E-state index in [0.717, 1.165) is 5.69 Å². The highest BCUT2D eigenvalue weighted by Crippen LogP contribution is 2.14. The molecule has 0 fully saturated rings. The Morgan fingerprint density at radius 2 is 2.11 bits per heavy atom. The van der Waals surface area contributed by atoms with E-state index < -0.39 is 5.97 Å². The maximum absolute atomic E-state index is 11.6. The number of aromatic nitrogens is 1. The van der Waals surface area contributed by atoms with Crippen molar-refractivity contribution in [2.24, 2.45) is 0 Å². The summed E-state index contributed by atoms with van der Waals surface area (Å²) >= 11 is 0. The predicted octanol–water partition coefficient (Wildman–Crippen LogP) is 0.566. The summed E-state index contributed by atoms with van der Waals surface area (Å²) in [5.74, 6) is -1.14. The Morgan fingerprint density at radius 3 is 2.61 bits per heavy atom. The SMILES string of the molecule is COCCNC(=O)Cn1c(C)cc(C(=O)O)c1C. The average molecular weight is 254 g/mol. The minimum atomic E-state index is -0.978. The van der Waals surface area contributed by atoms with Crippen LogP contribution in [0.2, 0.25) is 0 Å². The second kappa shape index (κ2) is 6.20. The molecule has 6 heteroatoms. The normalized spacial score (nSPS) is 10.4. The number of carboxylic acids is 1. The van der Waals surface area contributed by atoms with Crippen LogP contribution < -0.4 is 5.32 Å². The fraction of sp³-hybridized carbons (Fsp3) is 0.500. The molecule has 0 aliphatic heterocycles. The van der Waals surface area contributed by atoms with Gasteiger partial charge >= 0.3 is 5.97 Å². The number of carboxylic acid groups (broad SMARTS) is 1. The number of ether oxygens (including phenoxy) is 1. The number of nitrogens with zero attached hydrogens (tertiary/aromatic N) is 1. The molecule has 0 aliphatic rings. The van der Waals surface area contributed by atoms with E-state index >= 15 is 0 Å². The zero-order valence-corrected chi connectivity index (χ0v) is 10.8. The zero-order chi connectivity index (χ0) is 13.7. The second-order valence-corrected chi connectivity index (χ2v) is 4.02. The van der Waals surface area contributed by atoms with Gasteiger partial charge in [0, 0.05) is 25.0 Å². The summed E-state index contributed by atoms with van der Waals surface area (Å²) in [6.45, 7) is 4.49. The van der Waals surface area contributed by atoms with Gasteiger partial charge in [-0.25, -0.2) is 4.79 Å². The molecule has 0 saturated carbocycles. The number of carbonyl (C=O) groups is 2. The number of aromatic carboxylic acids is 1. The van der Waals surface area contributed by atoms with E-state index in [9.17, 15) is 9.59 Å². The monoisotopic (exact) mass is 254 g/mol. The summed E-state index contributed by atoms with van der Waals surface area (Å²) in [6.07, 6.45) is 0. The molecule has 1 heterocycles. The number of rotatable bonds is 6. The molecule has 0 radical (unpaired) electrons. The van der Waals surface area contributed by atoms with Crippen LogP contribution in [0.15, 0.2) is 6.07 Å². The first kappa shape index (κ1) is 14.2. The smallest absolute Gasteiger partial charge is 0.337 e. The van der Waals surface area contributed by atoms with E-state index in [2.05, 4.69) is 5.32 Å². The summed E-state index contributed by atoms with van der Waals surface area (Å²) in [6, 6.07) is 1.57. The number of methoxy groups -OCH3 is 1. The lowest BCUT2D eigenvalue weighted by molar-refractivity contribution is -0.121. The van der Waals surface area contributed by atoms with Crippen molar-refractivity contribution < 1.29 is 19.4 Å². The minimum absolute atomic E-state index is 0.120. The van der Waals surface area contributed by atoms with Crippen molar-refractivity contribution in [3.05, 3.63) is 23.0 Å². The lowest BCUT2D eigenvalue weighted by Crippen LogP contribution is -2.30. The van der Waals surface area contributed by atoms with Crippen molar-refractivity contribution in [3.8, 4) is 0 Å². The lowest BCUT2D eigenvalue weighted by Gasteiger charge is -2.09. The largest absolute Gasteiger partial charge is 0.478 e. The van der Waals surface area contributed by atoms with Gasteiger partial charge in [0.15, 0.2) is 0 Å². The molecular weight excluding hydrogens is 236 g/mol. The van der Waals surface area contributed by atoms with Crippen molar-refractivity contribution in [1.29, 1.82) is 0 Å². The van der Waals surface area contributed by atoms with Crippen LogP contribution in [-0.4, -0.2) is 41.8 Å². The van der Waals surface area contributed by atoms with Gasteiger partial charge in [0.2, 0.25) is 5.91 Å². The first-order valence-electron chi connectivity index (χ1n) is 5.63. The minimum Gasteiger partial charge on any atom is -0.478 e. The molecule has 1 aromatic heterocycles.